The van der Waals surface area contributed by atoms with Gasteiger partial charge in [0.25, 0.3) is 0 Å². The molecule has 5 aliphatic rings. The third kappa shape index (κ3) is 8.09. The molecule has 0 spiro atoms. The number of anilines is 6. The summed E-state index contributed by atoms with van der Waals surface area (Å²) in [5.74, 6) is 4.28. The van der Waals surface area contributed by atoms with Crippen molar-refractivity contribution in [2.45, 2.75) is 64.2 Å². The number of rotatable bonds is 11. The Labute approximate surface area is 450 Å². The van der Waals surface area contributed by atoms with Gasteiger partial charge in [-0.05, 0) is 231 Å². The Balaban J connectivity index is 0.853. The molecule has 2 heteroatoms. The highest BCUT2D eigenvalue weighted by Crippen LogP contribution is 2.60. The lowest BCUT2D eigenvalue weighted by atomic mass is 9.51. The molecule has 4 bridgehead atoms. The zero-order valence-corrected chi connectivity index (χ0v) is 43.9. The number of hydrogen-bond acceptors (Lipinski definition) is 2. The molecular formula is C74H64N2. The Bertz CT molecular complexity index is 3700. The van der Waals surface area contributed by atoms with E-state index in [1.807, 2.05) is 0 Å². The molecule has 5 aliphatic carbocycles. The van der Waals surface area contributed by atoms with Crippen molar-refractivity contribution >= 4 is 34.1 Å². The summed E-state index contributed by atoms with van der Waals surface area (Å²) in [5, 5.41) is 0. The fourth-order valence-electron chi connectivity index (χ4n) is 14.9. The first kappa shape index (κ1) is 46.3. The van der Waals surface area contributed by atoms with E-state index in [0.29, 0.717) is 5.92 Å². The highest BCUT2D eigenvalue weighted by Gasteiger charge is 2.48. The fourth-order valence-corrected chi connectivity index (χ4v) is 14.9. The normalized spacial score (nSPS) is 19.5. The van der Waals surface area contributed by atoms with Gasteiger partial charge in [0, 0.05) is 39.5 Å². The van der Waals surface area contributed by atoms with E-state index in [0.717, 1.165) is 46.4 Å². The molecule has 0 amide bonds. The zero-order chi connectivity index (χ0) is 50.9. The second-order valence-corrected chi connectivity index (χ2v) is 23.0. The lowest BCUT2D eigenvalue weighted by Gasteiger charge is -2.54. The molecule has 0 atom stereocenters. The minimum absolute atomic E-state index is 0.111. The van der Waals surface area contributed by atoms with Crippen LogP contribution >= 0.6 is 0 Å². The van der Waals surface area contributed by atoms with Crippen LogP contribution in [0.15, 0.2) is 243 Å². The van der Waals surface area contributed by atoms with Crippen molar-refractivity contribution in [2.24, 2.45) is 23.7 Å². The largest absolute Gasteiger partial charge is 0.310 e. The van der Waals surface area contributed by atoms with Gasteiger partial charge in [0.15, 0.2) is 0 Å². The van der Waals surface area contributed by atoms with Crippen molar-refractivity contribution < 1.29 is 0 Å². The van der Waals surface area contributed by atoms with Crippen LogP contribution in [0.5, 0.6) is 0 Å². The monoisotopic (exact) mass is 981 g/mol. The second kappa shape index (κ2) is 18.9. The first-order valence-electron chi connectivity index (χ1n) is 27.9. The molecule has 10 aromatic carbocycles. The van der Waals surface area contributed by atoms with Crippen molar-refractivity contribution in [3.63, 3.8) is 0 Å². The quantitative estimate of drug-likeness (QED) is 0.127. The van der Waals surface area contributed by atoms with Crippen molar-refractivity contribution in [3.8, 4) is 55.6 Å². The molecule has 0 N–H and O–H groups in total. The number of fused-ring (bicyclic) bond motifs is 3. The van der Waals surface area contributed by atoms with E-state index in [2.05, 4.69) is 273 Å². The summed E-state index contributed by atoms with van der Waals surface area (Å²) in [5.41, 5.74) is 24.8. The van der Waals surface area contributed by atoms with Gasteiger partial charge in [-0.2, -0.15) is 0 Å². The van der Waals surface area contributed by atoms with Gasteiger partial charge in [0.1, 0.15) is 0 Å². The van der Waals surface area contributed by atoms with Crippen molar-refractivity contribution in [1.82, 2.24) is 0 Å². The first-order chi connectivity index (χ1) is 37.3. The number of benzene rings is 10. The maximum atomic E-state index is 2.53. The summed E-state index contributed by atoms with van der Waals surface area (Å²) < 4.78 is 0. The van der Waals surface area contributed by atoms with E-state index >= 15 is 0 Å². The van der Waals surface area contributed by atoms with Crippen LogP contribution in [0.4, 0.5) is 34.1 Å². The van der Waals surface area contributed by atoms with Crippen molar-refractivity contribution in [2.75, 3.05) is 9.80 Å². The number of para-hydroxylation sites is 2. The first-order valence-corrected chi connectivity index (χ1v) is 27.9. The van der Waals surface area contributed by atoms with E-state index in [1.165, 1.54) is 121 Å². The van der Waals surface area contributed by atoms with Gasteiger partial charge in [0.05, 0.1) is 0 Å². The van der Waals surface area contributed by atoms with E-state index in [4.69, 9.17) is 0 Å². The van der Waals surface area contributed by atoms with Crippen LogP contribution < -0.4 is 9.80 Å². The van der Waals surface area contributed by atoms with Crippen LogP contribution in [0.1, 0.15) is 74.1 Å². The summed E-state index contributed by atoms with van der Waals surface area (Å²) in [6.07, 6.45) is 7.18. The molecule has 4 fully saturated rings. The molecule has 2 nitrogen and oxygen atoms in total. The molecule has 0 radical (unpaired) electrons. The van der Waals surface area contributed by atoms with Crippen LogP contribution in [0.3, 0.4) is 0 Å². The smallest absolute Gasteiger partial charge is 0.0465 e. The number of aryl methyl sites for hydroxylation is 1. The van der Waals surface area contributed by atoms with Crippen molar-refractivity contribution in [3.05, 3.63) is 265 Å². The van der Waals surface area contributed by atoms with E-state index in [9.17, 15) is 0 Å². The topological polar surface area (TPSA) is 6.48 Å². The minimum atomic E-state index is -0.111. The third-order valence-corrected chi connectivity index (χ3v) is 18.1. The Morgan fingerprint density at radius 3 is 1.24 bits per heavy atom. The van der Waals surface area contributed by atoms with Gasteiger partial charge in [-0.25, -0.2) is 0 Å². The highest BCUT2D eigenvalue weighted by molar-refractivity contribution is 5.96. The standard InChI is InChI=1S/C74H64N2/c1-49-18-16-29-70-72(49)65-39-38-64(46-71(65)74(70,2)3)76(60-26-14-7-15-27-60)62-36-32-55(33-37-62)69-48-66(52-19-8-4-9-20-52)68(47-67(69)53-21-10-5-11-22-53)54-30-34-61(35-31-54)75(59-24-12-6-13-25-59)63-28-17-23-56(45-63)73-57-41-50-40-51(43-57)44-58(73)42-50/h4-39,45-48,50-51,57-58,73H,40-44H2,1-3H3. The van der Waals surface area contributed by atoms with E-state index in [1.54, 1.807) is 0 Å². The molecule has 10 aromatic rings. The maximum absolute atomic E-state index is 2.53. The fraction of sp³-hybridized carbons (Fsp3) is 0.189. The third-order valence-electron chi connectivity index (χ3n) is 18.1. The number of hydrogen-bond donors (Lipinski definition) is 0. The number of nitrogens with zero attached hydrogens (tertiary/aromatic N) is 2. The Kier molecular flexibility index (Phi) is 11.5. The van der Waals surface area contributed by atoms with E-state index in [-0.39, 0.29) is 5.41 Å². The molecule has 0 aliphatic heterocycles. The lowest BCUT2D eigenvalue weighted by molar-refractivity contribution is -0.00276. The molecule has 0 aromatic heterocycles. The van der Waals surface area contributed by atoms with Gasteiger partial charge in [-0.3, -0.25) is 0 Å². The van der Waals surface area contributed by atoms with Crippen LogP contribution in [0, 0.1) is 30.6 Å². The molecule has 76 heavy (non-hydrogen) atoms. The van der Waals surface area contributed by atoms with Crippen LogP contribution in [0.25, 0.3) is 55.6 Å². The second-order valence-electron chi connectivity index (χ2n) is 23.0. The summed E-state index contributed by atoms with van der Waals surface area (Å²) in [6, 6.07) is 90.6. The molecule has 4 saturated carbocycles. The Morgan fingerprint density at radius 1 is 0.329 bits per heavy atom. The molecule has 0 unspecified atom stereocenters. The Hall–Kier alpha value is -8.20. The zero-order valence-electron chi connectivity index (χ0n) is 43.9. The minimum Gasteiger partial charge on any atom is -0.310 e. The van der Waals surface area contributed by atoms with Crippen LogP contribution in [-0.2, 0) is 5.41 Å². The summed E-state index contributed by atoms with van der Waals surface area (Å²) in [6.45, 7) is 6.99. The van der Waals surface area contributed by atoms with Gasteiger partial charge in [0.2, 0.25) is 0 Å². The lowest BCUT2D eigenvalue weighted by Crippen LogP contribution is -2.43. The summed E-state index contributed by atoms with van der Waals surface area (Å²) >= 11 is 0. The average Bonchev–Trinajstić information content (AvgIpc) is 3.83. The predicted octanol–water partition coefficient (Wildman–Crippen LogP) is 20.4. The van der Waals surface area contributed by atoms with Gasteiger partial charge < -0.3 is 9.80 Å². The SMILES string of the molecule is Cc1cccc2c1-c1ccc(N(c3ccccc3)c3ccc(-c4cc(-c5ccccc5)c(-c5ccc(N(c6ccccc6)c6cccc(C7C8CC9CC(C8)CC7C9)c6)cc5)cc4-c4ccccc4)cc3)cc1C2(C)C. The van der Waals surface area contributed by atoms with Crippen LogP contribution in [-0.4, -0.2) is 0 Å². The molecule has 370 valence electrons. The van der Waals surface area contributed by atoms with Crippen LogP contribution in [0.2, 0.25) is 0 Å². The van der Waals surface area contributed by atoms with Gasteiger partial charge >= 0.3 is 0 Å². The molecule has 0 heterocycles. The predicted molar refractivity (Wildman–Crippen MR) is 320 cm³/mol. The van der Waals surface area contributed by atoms with E-state index < -0.39 is 0 Å². The highest BCUT2D eigenvalue weighted by atomic mass is 15.1. The van der Waals surface area contributed by atoms with Gasteiger partial charge in [-0.1, -0.05) is 172 Å². The summed E-state index contributed by atoms with van der Waals surface area (Å²) in [7, 11) is 0. The molecular weight excluding hydrogens is 917 g/mol. The molecule has 15 rings (SSSR count). The Morgan fingerprint density at radius 2 is 0.737 bits per heavy atom. The summed E-state index contributed by atoms with van der Waals surface area (Å²) in [4.78, 5) is 4.88. The molecule has 0 saturated heterocycles. The maximum Gasteiger partial charge on any atom is 0.0465 e. The average molecular weight is 981 g/mol. The van der Waals surface area contributed by atoms with Gasteiger partial charge in [-0.15, -0.1) is 0 Å². The van der Waals surface area contributed by atoms with Crippen molar-refractivity contribution in [1.29, 1.82) is 0 Å².